The number of fused-ring (bicyclic) bond motifs is 1. The zero-order valence-electron chi connectivity index (χ0n) is 17.5. The normalized spacial score (nSPS) is 11.3. The number of halogens is 2. The number of aryl methyl sites for hydroxylation is 1. The van der Waals surface area contributed by atoms with E-state index in [1.807, 2.05) is 43.3 Å². The van der Waals surface area contributed by atoms with E-state index in [1.165, 1.54) is 16.8 Å². The van der Waals surface area contributed by atoms with Crippen molar-refractivity contribution in [3.05, 3.63) is 104 Å². The average molecular weight is 494 g/mol. The molecule has 0 saturated carbocycles. The topological polar surface area (TPSA) is 56.5 Å². The van der Waals surface area contributed by atoms with E-state index in [1.54, 1.807) is 24.4 Å². The molecular weight excluding hydrogens is 473 g/mol. The fourth-order valence-electron chi connectivity index (χ4n) is 3.28. The van der Waals surface area contributed by atoms with Gasteiger partial charge in [0.05, 0.1) is 17.1 Å². The molecule has 7 heteroatoms. The van der Waals surface area contributed by atoms with Gasteiger partial charge in [0.25, 0.3) is 5.56 Å². The van der Waals surface area contributed by atoms with Crippen LogP contribution in [0.1, 0.15) is 30.3 Å². The number of nitrogens with zero attached hydrogens (tertiary/aromatic N) is 3. The predicted molar refractivity (Wildman–Crippen MR) is 128 cm³/mol. The van der Waals surface area contributed by atoms with Gasteiger partial charge in [-0.25, -0.2) is 9.37 Å². The summed E-state index contributed by atoms with van der Waals surface area (Å²) in [6.45, 7) is 2.32. The molecule has 5 nitrogen and oxygen atoms in total. The maximum Gasteiger partial charge on any atom is 0.282 e. The van der Waals surface area contributed by atoms with Crippen LogP contribution in [0.3, 0.4) is 0 Å². The quantitative estimate of drug-likeness (QED) is 0.309. The third-order valence-corrected chi connectivity index (χ3v) is 5.38. The Balaban J connectivity index is 1.67. The van der Waals surface area contributed by atoms with Gasteiger partial charge in [0, 0.05) is 16.5 Å². The van der Waals surface area contributed by atoms with Crippen molar-refractivity contribution in [1.82, 2.24) is 9.66 Å². The van der Waals surface area contributed by atoms with Crippen molar-refractivity contribution in [2.24, 2.45) is 5.10 Å². The van der Waals surface area contributed by atoms with E-state index in [2.05, 4.69) is 26.0 Å². The van der Waals surface area contributed by atoms with Crippen molar-refractivity contribution in [1.29, 1.82) is 0 Å². The van der Waals surface area contributed by atoms with E-state index >= 15 is 0 Å². The van der Waals surface area contributed by atoms with Gasteiger partial charge in [-0.2, -0.15) is 9.78 Å². The summed E-state index contributed by atoms with van der Waals surface area (Å²) in [6, 6.07) is 19.0. The third kappa shape index (κ3) is 4.94. The Morgan fingerprint density at radius 1 is 1.12 bits per heavy atom. The van der Waals surface area contributed by atoms with Crippen LogP contribution in [0.4, 0.5) is 4.39 Å². The zero-order chi connectivity index (χ0) is 22.5. The number of benzene rings is 3. The first-order chi connectivity index (χ1) is 15.5. The van der Waals surface area contributed by atoms with Gasteiger partial charge in [-0.1, -0.05) is 47.1 Å². The molecule has 0 aliphatic heterocycles. The molecule has 4 rings (SSSR count). The van der Waals surface area contributed by atoms with E-state index in [4.69, 9.17) is 4.74 Å². The van der Waals surface area contributed by atoms with Crippen LogP contribution < -0.4 is 10.3 Å². The van der Waals surface area contributed by atoms with Crippen LogP contribution in [0.2, 0.25) is 0 Å². The highest BCUT2D eigenvalue weighted by Crippen LogP contribution is 2.19. The predicted octanol–water partition coefficient (Wildman–Crippen LogP) is 5.71. The molecule has 0 N–H and O–H groups in total. The summed E-state index contributed by atoms with van der Waals surface area (Å²) < 4.78 is 21.2. The van der Waals surface area contributed by atoms with E-state index in [-0.39, 0.29) is 18.0 Å². The highest BCUT2D eigenvalue weighted by atomic mass is 79.9. The molecular formula is C25H21BrFN3O2. The van der Waals surface area contributed by atoms with Crippen molar-refractivity contribution in [2.75, 3.05) is 0 Å². The molecule has 0 unspecified atom stereocenters. The first-order valence-corrected chi connectivity index (χ1v) is 11.1. The van der Waals surface area contributed by atoms with Crippen molar-refractivity contribution < 1.29 is 9.13 Å². The SMILES string of the molecule is CCCc1nc2ccc(Br)cc2c(=O)n1N=Cc1ccccc1OCc1ccc(F)cc1. The molecule has 0 amide bonds. The van der Waals surface area contributed by atoms with Crippen LogP contribution >= 0.6 is 15.9 Å². The Hall–Kier alpha value is -3.32. The Morgan fingerprint density at radius 2 is 1.91 bits per heavy atom. The minimum Gasteiger partial charge on any atom is -0.488 e. The van der Waals surface area contributed by atoms with Crippen molar-refractivity contribution in [2.45, 2.75) is 26.4 Å². The highest BCUT2D eigenvalue weighted by molar-refractivity contribution is 9.10. The minimum absolute atomic E-state index is 0.222. The lowest BCUT2D eigenvalue weighted by Gasteiger charge is -2.10. The minimum atomic E-state index is -0.286. The summed E-state index contributed by atoms with van der Waals surface area (Å²) in [4.78, 5) is 17.8. The number of ether oxygens (including phenoxy) is 1. The molecule has 0 saturated heterocycles. The van der Waals surface area contributed by atoms with Gasteiger partial charge in [0.2, 0.25) is 0 Å². The number of rotatable bonds is 7. The Bertz CT molecular complexity index is 1330. The fourth-order valence-corrected chi connectivity index (χ4v) is 3.64. The third-order valence-electron chi connectivity index (χ3n) is 4.89. The monoisotopic (exact) mass is 493 g/mol. The van der Waals surface area contributed by atoms with Gasteiger partial charge in [0.1, 0.15) is 24.0 Å². The molecule has 162 valence electrons. The molecule has 1 heterocycles. The van der Waals surface area contributed by atoms with Crippen LogP contribution in [0, 0.1) is 5.82 Å². The van der Waals surface area contributed by atoms with Gasteiger partial charge in [0.15, 0.2) is 0 Å². The standard InChI is InChI=1S/C25H21BrFN3O2/c1-2-5-24-29-22-13-10-19(26)14-21(22)25(31)30(24)28-15-18-6-3-4-7-23(18)32-16-17-8-11-20(27)12-9-17/h3-4,6-15H,2,5,16H2,1H3. The van der Waals surface area contributed by atoms with Crippen LogP contribution in [0.15, 0.2) is 81.1 Å². The summed E-state index contributed by atoms with van der Waals surface area (Å²) >= 11 is 3.41. The molecule has 0 fully saturated rings. The molecule has 0 aliphatic carbocycles. The zero-order valence-corrected chi connectivity index (χ0v) is 19.0. The summed E-state index contributed by atoms with van der Waals surface area (Å²) in [5.74, 6) is 0.932. The highest BCUT2D eigenvalue weighted by Gasteiger charge is 2.11. The Kier molecular flexibility index (Phi) is 6.75. The van der Waals surface area contributed by atoms with Gasteiger partial charge in [-0.3, -0.25) is 4.79 Å². The number of hydrogen-bond acceptors (Lipinski definition) is 4. The van der Waals surface area contributed by atoms with E-state index < -0.39 is 0 Å². The van der Waals surface area contributed by atoms with Gasteiger partial charge in [-0.15, -0.1) is 0 Å². The lowest BCUT2D eigenvalue weighted by atomic mass is 10.2. The Morgan fingerprint density at radius 3 is 2.69 bits per heavy atom. The summed E-state index contributed by atoms with van der Waals surface area (Å²) in [6.07, 6.45) is 3.06. The van der Waals surface area contributed by atoms with Crippen LogP contribution in [0.5, 0.6) is 5.75 Å². The van der Waals surface area contributed by atoms with Crippen molar-refractivity contribution in [3.8, 4) is 5.75 Å². The van der Waals surface area contributed by atoms with Crippen LogP contribution in [-0.2, 0) is 13.0 Å². The maximum atomic E-state index is 13.1. The Labute approximate surface area is 193 Å². The van der Waals surface area contributed by atoms with Crippen molar-refractivity contribution in [3.63, 3.8) is 0 Å². The van der Waals surface area contributed by atoms with Crippen LogP contribution in [0.25, 0.3) is 10.9 Å². The molecule has 3 aromatic carbocycles. The lowest BCUT2D eigenvalue weighted by molar-refractivity contribution is 0.305. The summed E-state index contributed by atoms with van der Waals surface area (Å²) in [5, 5.41) is 4.97. The lowest BCUT2D eigenvalue weighted by Crippen LogP contribution is -2.22. The largest absolute Gasteiger partial charge is 0.488 e. The van der Waals surface area contributed by atoms with E-state index in [0.29, 0.717) is 28.9 Å². The number of para-hydroxylation sites is 1. The second kappa shape index (κ2) is 9.87. The van der Waals surface area contributed by atoms with Crippen LogP contribution in [-0.4, -0.2) is 15.9 Å². The fraction of sp³-hybridized carbons (Fsp3) is 0.160. The molecule has 0 radical (unpaired) electrons. The summed E-state index contributed by atoms with van der Waals surface area (Å²) in [5.41, 5.74) is 2.00. The molecule has 0 bridgehead atoms. The van der Waals surface area contributed by atoms with E-state index in [0.717, 1.165) is 22.0 Å². The second-order valence-electron chi connectivity index (χ2n) is 7.25. The molecule has 0 aliphatic rings. The maximum absolute atomic E-state index is 13.1. The summed E-state index contributed by atoms with van der Waals surface area (Å²) in [7, 11) is 0. The van der Waals surface area contributed by atoms with Crippen molar-refractivity contribution >= 4 is 33.0 Å². The average Bonchev–Trinajstić information content (AvgIpc) is 2.80. The van der Waals surface area contributed by atoms with Gasteiger partial charge < -0.3 is 4.74 Å². The second-order valence-corrected chi connectivity index (χ2v) is 8.17. The molecule has 4 aromatic rings. The van der Waals surface area contributed by atoms with Gasteiger partial charge >= 0.3 is 0 Å². The number of hydrogen-bond donors (Lipinski definition) is 0. The first-order valence-electron chi connectivity index (χ1n) is 10.3. The molecule has 1 aromatic heterocycles. The van der Waals surface area contributed by atoms with Gasteiger partial charge in [-0.05, 0) is 54.4 Å². The molecule has 32 heavy (non-hydrogen) atoms. The smallest absolute Gasteiger partial charge is 0.282 e. The molecule has 0 spiro atoms. The van der Waals surface area contributed by atoms with E-state index in [9.17, 15) is 9.18 Å². The first kappa shape index (κ1) is 21.9. The number of aromatic nitrogens is 2. The molecule has 0 atom stereocenters.